The lowest BCUT2D eigenvalue weighted by atomic mass is 10.2. The lowest BCUT2D eigenvalue weighted by Gasteiger charge is -2.13. The fourth-order valence-corrected chi connectivity index (χ4v) is 1.00. The summed E-state index contributed by atoms with van der Waals surface area (Å²) in [7, 11) is 0. The van der Waals surface area contributed by atoms with E-state index in [0.717, 1.165) is 6.42 Å². The number of anilines is 1. The van der Waals surface area contributed by atoms with E-state index >= 15 is 0 Å². The zero-order valence-electron chi connectivity index (χ0n) is 8.07. The van der Waals surface area contributed by atoms with Crippen LogP contribution in [0.15, 0.2) is 12.3 Å². The first-order valence-corrected chi connectivity index (χ1v) is 4.50. The van der Waals surface area contributed by atoms with E-state index in [9.17, 15) is 0 Å². The summed E-state index contributed by atoms with van der Waals surface area (Å²) in [5, 5.41) is 11.7. The number of rotatable bonds is 4. The van der Waals surface area contributed by atoms with Gasteiger partial charge >= 0.3 is 0 Å². The first-order valence-electron chi connectivity index (χ1n) is 4.50. The van der Waals surface area contributed by atoms with Crippen molar-refractivity contribution in [3.05, 3.63) is 18.0 Å². The van der Waals surface area contributed by atoms with Crippen molar-refractivity contribution in [2.75, 3.05) is 11.9 Å². The number of nitrogens with two attached hydrogens (primary N) is 1. The molecule has 1 aromatic rings. The molecule has 0 spiro atoms. The molecule has 0 saturated carbocycles. The Hall–Kier alpha value is -1.67. The lowest BCUT2D eigenvalue weighted by Crippen LogP contribution is -2.28. The molecule has 1 rings (SSSR count). The number of hydrogen-bond acceptors (Lipinski definition) is 5. The van der Waals surface area contributed by atoms with Crippen molar-refractivity contribution in [1.29, 1.82) is 5.26 Å². The van der Waals surface area contributed by atoms with Crippen LogP contribution in [0.1, 0.15) is 19.0 Å². The van der Waals surface area contributed by atoms with Crippen molar-refractivity contribution in [2.24, 2.45) is 5.73 Å². The molecule has 5 heteroatoms. The molecule has 0 aliphatic rings. The van der Waals surface area contributed by atoms with Crippen LogP contribution in [0.25, 0.3) is 0 Å². The Kier molecular flexibility index (Phi) is 3.83. The van der Waals surface area contributed by atoms with Crippen LogP contribution in [0.5, 0.6) is 0 Å². The molecule has 1 heterocycles. The topological polar surface area (TPSA) is 87.6 Å². The molecule has 0 aromatic carbocycles. The zero-order valence-corrected chi connectivity index (χ0v) is 8.07. The molecule has 74 valence electrons. The molecule has 0 aliphatic carbocycles. The van der Waals surface area contributed by atoms with Gasteiger partial charge in [-0.15, -0.1) is 0 Å². The lowest BCUT2D eigenvalue weighted by molar-refractivity contribution is 0.695. The van der Waals surface area contributed by atoms with Gasteiger partial charge in [0.15, 0.2) is 0 Å². The summed E-state index contributed by atoms with van der Waals surface area (Å²) < 4.78 is 0. The van der Waals surface area contributed by atoms with Crippen molar-refractivity contribution < 1.29 is 0 Å². The van der Waals surface area contributed by atoms with E-state index in [2.05, 4.69) is 15.3 Å². The summed E-state index contributed by atoms with van der Waals surface area (Å²) in [6, 6.07) is 3.67. The molecule has 0 aliphatic heterocycles. The fourth-order valence-electron chi connectivity index (χ4n) is 1.00. The number of nitrogens with zero attached hydrogens (tertiary/aromatic N) is 3. The molecule has 1 unspecified atom stereocenters. The number of nitriles is 1. The van der Waals surface area contributed by atoms with Crippen LogP contribution in [0.3, 0.4) is 0 Å². The monoisotopic (exact) mass is 191 g/mol. The predicted molar refractivity (Wildman–Crippen MR) is 53.5 cm³/mol. The van der Waals surface area contributed by atoms with Gasteiger partial charge in [0, 0.05) is 18.8 Å². The highest BCUT2D eigenvalue weighted by molar-refractivity contribution is 5.31. The van der Waals surface area contributed by atoms with Gasteiger partial charge in [-0.25, -0.2) is 9.97 Å². The van der Waals surface area contributed by atoms with Gasteiger partial charge in [-0.3, -0.25) is 0 Å². The number of nitrogens with one attached hydrogen (secondary N) is 1. The zero-order chi connectivity index (χ0) is 10.4. The maximum atomic E-state index is 8.62. The fraction of sp³-hybridized carbons (Fsp3) is 0.444. The van der Waals surface area contributed by atoms with Crippen molar-refractivity contribution in [3.8, 4) is 6.07 Å². The van der Waals surface area contributed by atoms with Gasteiger partial charge in [0.05, 0.1) is 0 Å². The van der Waals surface area contributed by atoms with Gasteiger partial charge in [-0.1, -0.05) is 6.92 Å². The van der Waals surface area contributed by atoms with Crippen molar-refractivity contribution in [2.45, 2.75) is 19.4 Å². The molecule has 3 N–H and O–H groups in total. The van der Waals surface area contributed by atoms with Gasteiger partial charge in [-0.2, -0.15) is 5.26 Å². The second kappa shape index (κ2) is 5.14. The van der Waals surface area contributed by atoms with Crippen LogP contribution in [0.2, 0.25) is 0 Å². The van der Waals surface area contributed by atoms with Crippen LogP contribution in [-0.2, 0) is 0 Å². The smallest absolute Gasteiger partial charge is 0.224 e. The minimum Gasteiger partial charge on any atom is -0.350 e. The summed E-state index contributed by atoms with van der Waals surface area (Å²) in [5.41, 5.74) is 5.87. The van der Waals surface area contributed by atoms with E-state index in [1.807, 2.05) is 13.0 Å². The van der Waals surface area contributed by atoms with Crippen LogP contribution in [0.4, 0.5) is 5.95 Å². The van der Waals surface area contributed by atoms with E-state index in [1.165, 1.54) is 0 Å². The summed E-state index contributed by atoms with van der Waals surface area (Å²) >= 11 is 0. The Morgan fingerprint density at radius 3 is 3.07 bits per heavy atom. The van der Waals surface area contributed by atoms with Gasteiger partial charge in [-0.05, 0) is 12.5 Å². The average molecular weight is 191 g/mol. The second-order valence-corrected chi connectivity index (χ2v) is 2.86. The maximum absolute atomic E-state index is 8.62. The molecule has 0 amide bonds. The Labute approximate surface area is 83.0 Å². The molecule has 0 saturated heterocycles. The minimum atomic E-state index is 0.156. The number of hydrogen-bond donors (Lipinski definition) is 2. The Balaban J connectivity index is 2.72. The van der Waals surface area contributed by atoms with Gasteiger partial charge in [0.25, 0.3) is 0 Å². The molecule has 5 nitrogen and oxygen atoms in total. The Morgan fingerprint density at radius 1 is 1.71 bits per heavy atom. The van der Waals surface area contributed by atoms with Gasteiger partial charge in [0.2, 0.25) is 5.95 Å². The van der Waals surface area contributed by atoms with Gasteiger partial charge < -0.3 is 11.1 Å². The third kappa shape index (κ3) is 2.68. The molecular weight excluding hydrogens is 178 g/mol. The highest BCUT2D eigenvalue weighted by atomic mass is 15.1. The van der Waals surface area contributed by atoms with E-state index in [4.69, 9.17) is 11.0 Å². The molecule has 1 atom stereocenters. The third-order valence-corrected chi connectivity index (χ3v) is 1.88. The molecule has 14 heavy (non-hydrogen) atoms. The molecule has 0 fully saturated rings. The van der Waals surface area contributed by atoms with E-state index in [1.54, 1.807) is 12.3 Å². The quantitative estimate of drug-likeness (QED) is 0.723. The summed E-state index contributed by atoms with van der Waals surface area (Å²) in [6.45, 7) is 2.55. The van der Waals surface area contributed by atoms with Crippen LogP contribution >= 0.6 is 0 Å². The third-order valence-electron chi connectivity index (χ3n) is 1.88. The minimum absolute atomic E-state index is 0.156. The molecule has 0 bridgehead atoms. The van der Waals surface area contributed by atoms with Crippen molar-refractivity contribution in [1.82, 2.24) is 9.97 Å². The standard InChI is InChI=1S/C9H13N5/c1-2-7(5-10)13-9-12-4-3-8(6-11)14-9/h3-4,7H,2,5,10H2,1H3,(H,12,13,14). The van der Waals surface area contributed by atoms with Crippen molar-refractivity contribution in [3.63, 3.8) is 0 Å². The van der Waals surface area contributed by atoms with Crippen LogP contribution in [0, 0.1) is 11.3 Å². The first kappa shape index (κ1) is 10.4. The van der Waals surface area contributed by atoms with E-state index in [0.29, 0.717) is 18.2 Å². The first-order chi connectivity index (χ1) is 6.80. The van der Waals surface area contributed by atoms with Crippen LogP contribution in [-0.4, -0.2) is 22.6 Å². The average Bonchev–Trinajstić information content (AvgIpc) is 2.26. The molecular formula is C9H13N5. The second-order valence-electron chi connectivity index (χ2n) is 2.86. The highest BCUT2D eigenvalue weighted by Crippen LogP contribution is 2.02. The number of aromatic nitrogens is 2. The molecule has 0 radical (unpaired) electrons. The maximum Gasteiger partial charge on any atom is 0.224 e. The Morgan fingerprint density at radius 2 is 2.50 bits per heavy atom. The normalized spacial score (nSPS) is 11.8. The van der Waals surface area contributed by atoms with E-state index in [-0.39, 0.29) is 6.04 Å². The van der Waals surface area contributed by atoms with E-state index < -0.39 is 0 Å². The summed E-state index contributed by atoms with van der Waals surface area (Å²) in [4.78, 5) is 7.98. The van der Waals surface area contributed by atoms with Gasteiger partial charge in [0.1, 0.15) is 11.8 Å². The predicted octanol–water partition coefficient (Wildman–Crippen LogP) is 0.497. The highest BCUT2D eigenvalue weighted by Gasteiger charge is 2.05. The summed E-state index contributed by atoms with van der Waals surface area (Å²) in [5.74, 6) is 0.460. The SMILES string of the molecule is CCC(CN)Nc1nccc(C#N)n1. The Bertz CT molecular complexity index is 326. The summed E-state index contributed by atoms with van der Waals surface area (Å²) in [6.07, 6.45) is 2.45. The molecule has 1 aromatic heterocycles. The van der Waals surface area contributed by atoms with Crippen LogP contribution < -0.4 is 11.1 Å². The van der Waals surface area contributed by atoms with Crippen molar-refractivity contribution >= 4 is 5.95 Å². The largest absolute Gasteiger partial charge is 0.350 e.